The van der Waals surface area contributed by atoms with E-state index in [4.69, 9.17) is 9.47 Å². The number of ketones is 1. The number of ether oxygens (including phenoxy) is 2. The number of aliphatic carboxylic acids is 1. The second-order valence-electron chi connectivity index (χ2n) is 6.21. The summed E-state index contributed by atoms with van der Waals surface area (Å²) in [6, 6.07) is -1.12. The van der Waals surface area contributed by atoms with Crippen molar-refractivity contribution in [1.29, 1.82) is 0 Å². The number of hydrogen-bond donors (Lipinski definition) is 1. The van der Waals surface area contributed by atoms with Crippen molar-refractivity contribution < 1.29 is 33.8 Å². The predicted molar refractivity (Wildman–Crippen MR) is 74.2 cm³/mol. The van der Waals surface area contributed by atoms with Gasteiger partial charge in [-0.2, -0.15) is 0 Å². The summed E-state index contributed by atoms with van der Waals surface area (Å²) in [6.45, 7) is 6.18. The van der Waals surface area contributed by atoms with E-state index < -0.39 is 35.8 Å². The van der Waals surface area contributed by atoms with Crippen molar-refractivity contribution in [1.82, 2.24) is 4.90 Å². The molecule has 0 unspecified atom stereocenters. The Kier molecular flexibility index (Phi) is 5.51. The van der Waals surface area contributed by atoms with Crippen LogP contribution in [0.1, 0.15) is 40.5 Å². The van der Waals surface area contributed by atoms with Gasteiger partial charge in [-0.3, -0.25) is 14.5 Å². The maximum atomic E-state index is 12.0. The zero-order chi connectivity index (χ0) is 17.1. The molecule has 1 N–H and O–H groups in total. The molecular weight excluding hydrogens is 294 g/mol. The summed E-state index contributed by atoms with van der Waals surface area (Å²) in [6.07, 6.45) is -1.94. The maximum Gasteiger partial charge on any atom is 0.411 e. The van der Waals surface area contributed by atoms with Crippen LogP contribution in [-0.4, -0.2) is 58.1 Å². The van der Waals surface area contributed by atoms with Gasteiger partial charge >= 0.3 is 18.0 Å². The first kappa shape index (κ1) is 17.9. The number of hydrogen-bond acceptors (Lipinski definition) is 6. The van der Waals surface area contributed by atoms with Gasteiger partial charge in [0.2, 0.25) is 0 Å². The molecule has 8 nitrogen and oxygen atoms in total. The van der Waals surface area contributed by atoms with Gasteiger partial charge in [-0.25, -0.2) is 9.59 Å². The van der Waals surface area contributed by atoms with Crippen molar-refractivity contribution >= 4 is 23.8 Å². The summed E-state index contributed by atoms with van der Waals surface area (Å²) in [7, 11) is 0. The summed E-state index contributed by atoms with van der Waals surface area (Å²) in [4.78, 5) is 46.6. The molecule has 1 saturated heterocycles. The van der Waals surface area contributed by atoms with Crippen molar-refractivity contribution in [2.75, 3.05) is 6.54 Å². The fourth-order valence-corrected chi connectivity index (χ4v) is 2.07. The number of rotatable bonds is 4. The molecule has 0 aromatic carbocycles. The Balaban J connectivity index is 2.73. The third-order valence-electron chi connectivity index (χ3n) is 2.87. The van der Waals surface area contributed by atoms with Crippen molar-refractivity contribution in [2.24, 2.45) is 0 Å². The summed E-state index contributed by atoms with van der Waals surface area (Å²) < 4.78 is 10.2. The number of carbonyl (C=O) groups excluding carboxylic acids is 3. The van der Waals surface area contributed by atoms with E-state index in [1.807, 2.05) is 0 Å². The van der Waals surface area contributed by atoms with Crippen LogP contribution in [0.15, 0.2) is 0 Å². The lowest BCUT2D eigenvalue weighted by Crippen LogP contribution is -2.43. The molecule has 0 radical (unpaired) electrons. The van der Waals surface area contributed by atoms with Crippen molar-refractivity contribution in [2.45, 2.75) is 58.3 Å². The van der Waals surface area contributed by atoms with E-state index in [1.165, 1.54) is 6.92 Å². The standard InChI is InChI=1S/C14H21NO7/c1-8(16)5-11(17)21-9-6-10(12(18)19)15(7-9)13(20)22-14(2,3)4/h9-10H,5-7H2,1-4H3,(H,18,19)/t9-,10+/m1/s1. The maximum absolute atomic E-state index is 12.0. The molecular formula is C14H21NO7. The zero-order valence-corrected chi connectivity index (χ0v) is 13.1. The van der Waals surface area contributed by atoms with E-state index >= 15 is 0 Å². The molecule has 0 bridgehead atoms. The first-order valence-corrected chi connectivity index (χ1v) is 6.91. The minimum Gasteiger partial charge on any atom is -0.480 e. The summed E-state index contributed by atoms with van der Waals surface area (Å²) in [5.41, 5.74) is -0.760. The van der Waals surface area contributed by atoms with Crippen LogP contribution in [0, 0.1) is 0 Å². The topological polar surface area (TPSA) is 110 Å². The van der Waals surface area contributed by atoms with E-state index in [0.29, 0.717) is 0 Å². The number of likely N-dealkylation sites (tertiary alicyclic amines) is 1. The lowest BCUT2D eigenvalue weighted by molar-refractivity contribution is -0.150. The SMILES string of the molecule is CC(=O)CC(=O)O[C@@H]1C[C@@H](C(=O)O)N(C(=O)OC(C)(C)C)C1. The minimum absolute atomic E-state index is 0.0295. The van der Waals surface area contributed by atoms with Crippen molar-refractivity contribution in [3.05, 3.63) is 0 Å². The summed E-state index contributed by atoms with van der Waals surface area (Å²) in [5, 5.41) is 9.18. The third-order valence-corrected chi connectivity index (χ3v) is 2.87. The average molecular weight is 315 g/mol. The smallest absolute Gasteiger partial charge is 0.411 e. The van der Waals surface area contributed by atoms with Gasteiger partial charge in [0.15, 0.2) is 0 Å². The van der Waals surface area contributed by atoms with Gasteiger partial charge in [0.1, 0.15) is 30.0 Å². The lowest BCUT2D eigenvalue weighted by Gasteiger charge is -2.26. The van der Waals surface area contributed by atoms with E-state index in [9.17, 15) is 24.3 Å². The number of carbonyl (C=O) groups is 4. The Hall–Kier alpha value is -2.12. The molecule has 1 rings (SSSR count). The predicted octanol–water partition coefficient (Wildman–Crippen LogP) is 0.971. The molecule has 1 aliphatic heterocycles. The monoisotopic (exact) mass is 315 g/mol. The van der Waals surface area contributed by atoms with E-state index in [1.54, 1.807) is 20.8 Å². The minimum atomic E-state index is -1.20. The molecule has 1 amide bonds. The Bertz CT molecular complexity index is 480. The average Bonchev–Trinajstić information content (AvgIpc) is 2.69. The van der Waals surface area contributed by atoms with E-state index in [-0.39, 0.29) is 25.2 Å². The molecule has 1 aliphatic rings. The van der Waals surface area contributed by atoms with Gasteiger partial charge in [-0.15, -0.1) is 0 Å². The molecule has 1 fully saturated rings. The molecule has 1 heterocycles. The second kappa shape index (κ2) is 6.76. The largest absolute Gasteiger partial charge is 0.480 e. The molecule has 0 saturated carbocycles. The van der Waals surface area contributed by atoms with Gasteiger partial charge in [0, 0.05) is 6.42 Å². The van der Waals surface area contributed by atoms with Gasteiger partial charge in [0.25, 0.3) is 0 Å². The number of esters is 1. The Morgan fingerprint density at radius 2 is 1.82 bits per heavy atom. The van der Waals surface area contributed by atoms with Crippen molar-refractivity contribution in [3.8, 4) is 0 Å². The Morgan fingerprint density at radius 1 is 1.23 bits per heavy atom. The van der Waals surface area contributed by atoms with Crippen LogP contribution in [0.2, 0.25) is 0 Å². The van der Waals surface area contributed by atoms with Gasteiger partial charge in [0.05, 0.1) is 6.54 Å². The highest BCUT2D eigenvalue weighted by atomic mass is 16.6. The Labute approximate surface area is 128 Å². The van der Waals surface area contributed by atoms with Crippen LogP contribution in [0.5, 0.6) is 0 Å². The molecule has 0 aromatic rings. The van der Waals surface area contributed by atoms with E-state index in [2.05, 4.69) is 0 Å². The highest BCUT2D eigenvalue weighted by molar-refractivity contribution is 5.94. The highest BCUT2D eigenvalue weighted by Gasteiger charge is 2.43. The molecule has 124 valence electrons. The third kappa shape index (κ3) is 5.34. The number of nitrogens with zero attached hydrogens (tertiary/aromatic N) is 1. The van der Waals surface area contributed by atoms with Crippen LogP contribution < -0.4 is 0 Å². The fraction of sp³-hybridized carbons (Fsp3) is 0.714. The molecule has 0 aliphatic carbocycles. The molecule has 22 heavy (non-hydrogen) atoms. The lowest BCUT2D eigenvalue weighted by atomic mass is 10.2. The van der Waals surface area contributed by atoms with Crippen LogP contribution in [0.25, 0.3) is 0 Å². The molecule has 8 heteroatoms. The van der Waals surface area contributed by atoms with Gasteiger partial charge in [-0.1, -0.05) is 0 Å². The number of amides is 1. The second-order valence-corrected chi connectivity index (χ2v) is 6.21. The first-order chi connectivity index (χ1) is 9.99. The normalized spacial score (nSPS) is 21.4. The zero-order valence-electron chi connectivity index (χ0n) is 13.1. The highest BCUT2D eigenvalue weighted by Crippen LogP contribution is 2.23. The Morgan fingerprint density at radius 3 is 2.27 bits per heavy atom. The summed E-state index contributed by atoms with van der Waals surface area (Å²) in [5.74, 6) is -2.27. The van der Waals surface area contributed by atoms with Crippen LogP contribution in [-0.2, 0) is 23.9 Å². The van der Waals surface area contributed by atoms with Crippen LogP contribution in [0.4, 0.5) is 4.79 Å². The molecule has 0 spiro atoms. The number of carboxylic acids is 1. The first-order valence-electron chi connectivity index (χ1n) is 6.91. The van der Waals surface area contributed by atoms with E-state index in [0.717, 1.165) is 4.90 Å². The van der Waals surface area contributed by atoms with Crippen LogP contribution in [0.3, 0.4) is 0 Å². The molecule has 2 atom stereocenters. The molecule has 0 aromatic heterocycles. The number of Topliss-reactive ketones (excluding diaryl/α,β-unsaturated/α-hetero) is 1. The van der Waals surface area contributed by atoms with Crippen LogP contribution >= 0.6 is 0 Å². The van der Waals surface area contributed by atoms with Gasteiger partial charge < -0.3 is 14.6 Å². The van der Waals surface area contributed by atoms with Crippen molar-refractivity contribution in [3.63, 3.8) is 0 Å². The van der Waals surface area contributed by atoms with Gasteiger partial charge in [-0.05, 0) is 27.7 Å². The fourth-order valence-electron chi connectivity index (χ4n) is 2.07. The quantitative estimate of drug-likeness (QED) is 0.608. The summed E-state index contributed by atoms with van der Waals surface area (Å²) >= 11 is 0. The number of carboxylic acid groups (broad SMARTS) is 1.